The second kappa shape index (κ2) is 9.93. The molecule has 186 valence electrons. The van der Waals surface area contributed by atoms with Gasteiger partial charge in [-0.05, 0) is 70.9 Å². The van der Waals surface area contributed by atoms with Gasteiger partial charge >= 0.3 is 0 Å². The molecule has 4 rings (SSSR count). The summed E-state index contributed by atoms with van der Waals surface area (Å²) < 4.78 is 37.2. The van der Waals surface area contributed by atoms with Gasteiger partial charge in [-0.25, -0.2) is 13.1 Å². The van der Waals surface area contributed by atoms with Gasteiger partial charge < -0.3 is 14.6 Å². The second-order valence-electron chi connectivity index (χ2n) is 9.35. The summed E-state index contributed by atoms with van der Waals surface area (Å²) in [6.45, 7) is 6.32. The van der Waals surface area contributed by atoms with Crippen LogP contribution in [0.3, 0.4) is 0 Å². The molecule has 0 fully saturated rings. The van der Waals surface area contributed by atoms with E-state index in [9.17, 15) is 13.7 Å². The first-order valence-corrected chi connectivity index (χ1v) is 13.4. The number of nitrogens with zero attached hydrogens (tertiary/aromatic N) is 3. The third kappa shape index (κ3) is 5.17. The fourth-order valence-electron chi connectivity index (χ4n) is 4.73. The van der Waals surface area contributed by atoms with Crippen molar-refractivity contribution >= 4 is 10.0 Å². The molecule has 0 aliphatic heterocycles. The van der Waals surface area contributed by atoms with E-state index in [0.717, 1.165) is 19.3 Å². The topological polar surface area (TPSA) is 130 Å². The minimum atomic E-state index is -3.25. The molecule has 2 aromatic rings. The van der Waals surface area contributed by atoms with Crippen LogP contribution in [0.1, 0.15) is 51.4 Å². The van der Waals surface area contributed by atoms with Gasteiger partial charge in [-0.3, -0.25) is 0 Å². The molecular weight excluding hydrogens is 466 g/mol. The Labute approximate surface area is 206 Å². The smallest absolute Gasteiger partial charge is 0.258 e. The molecule has 0 bridgehead atoms. The zero-order valence-electron chi connectivity index (χ0n) is 20.5. The van der Waals surface area contributed by atoms with Gasteiger partial charge in [0.2, 0.25) is 10.0 Å². The van der Waals surface area contributed by atoms with Crippen molar-refractivity contribution in [1.82, 2.24) is 20.2 Å². The molecule has 0 saturated carbocycles. The highest BCUT2D eigenvalue weighted by atomic mass is 32.2. The number of allylic oxidation sites excluding steroid dienone is 2. The molecule has 2 aliphatic carbocycles. The summed E-state index contributed by atoms with van der Waals surface area (Å²) in [4.78, 5) is 4.73. The van der Waals surface area contributed by atoms with Gasteiger partial charge in [-0.15, -0.1) is 0 Å². The zero-order chi connectivity index (χ0) is 25.2. The number of rotatable bonds is 9. The summed E-state index contributed by atoms with van der Waals surface area (Å²) in [5.41, 5.74) is 3.08. The van der Waals surface area contributed by atoms with E-state index in [-0.39, 0.29) is 17.9 Å². The first-order chi connectivity index (χ1) is 16.7. The Kier molecular flexibility index (Phi) is 7.12. The molecule has 1 aromatic carbocycles. The van der Waals surface area contributed by atoms with Crippen LogP contribution in [0.25, 0.3) is 11.5 Å². The fraction of sp³-hybridized carbons (Fsp3) is 0.480. The van der Waals surface area contributed by atoms with Crippen molar-refractivity contribution in [2.45, 2.75) is 57.6 Å². The van der Waals surface area contributed by atoms with Crippen LogP contribution in [0.2, 0.25) is 0 Å². The van der Waals surface area contributed by atoms with Crippen LogP contribution in [-0.2, 0) is 15.4 Å². The van der Waals surface area contributed by atoms with E-state index < -0.39 is 15.4 Å². The van der Waals surface area contributed by atoms with Gasteiger partial charge in [0, 0.05) is 18.2 Å². The maximum Gasteiger partial charge on any atom is 0.258 e. The minimum absolute atomic E-state index is 0.0312. The molecule has 0 spiro atoms. The van der Waals surface area contributed by atoms with Crippen LogP contribution >= 0.6 is 0 Å². The molecule has 9 nitrogen and oxygen atoms in total. The quantitative estimate of drug-likeness (QED) is 0.540. The third-order valence-electron chi connectivity index (χ3n) is 6.60. The molecule has 1 heterocycles. The van der Waals surface area contributed by atoms with Crippen LogP contribution in [0, 0.1) is 11.3 Å². The van der Waals surface area contributed by atoms with E-state index in [1.807, 2.05) is 19.9 Å². The zero-order valence-corrected chi connectivity index (χ0v) is 21.3. The molecule has 1 aromatic heterocycles. The number of ether oxygens (including phenoxy) is 1. The highest BCUT2D eigenvalue weighted by Gasteiger charge is 2.42. The number of benzene rings is 1. The minimum Gasteiger partial charge on any atom is -0.490 e. The van der Waals surface area contributed by atoms with Crippen molar-refractivity contribution in [3.05, 3.63) is 52.9 Å². The molecule has 0 amide bonds. The number of hydrogen-bond donors (Lipinski definition) is 2. The Balaban J connectivity index is 1.56. The summed E-state index contributed by atoms with van der Waals surface area (Å²) in [6, 6.07) is 7.54. The summed E-state index contributed by atoms with van der Waals surface area (Å²) in [7, 11) is -1.83. The Morgan fingerprint density at radius 3 is 2.89 bits per heavy atom. The summed E-state index contributed by atoms with van der Waals surface area (Å²) in [5.74, 6) is 1.51. The molecular formula is C25H31N5O4S. The monoisotopic (exact) mass is 497 g/mol. The predicted molar refractivity (Wildman–Crippen MR) is 132 cm³/mol. The van der Waals surface area contributed by atoms with Crippen LogP contribution in [-0.4, -0.2) is 50.0 Å². The van der Waals surface area contributed by atoms with Crippen molar-refractivity contribution in [3.8, 4) is 23.3 Å². The van der Waals surface area contributed by atoms with Gasteiger partial charge in [0.05, 0.1) is 22.8 Å². The van der Waals surface area contributed by atoms with E-state index in [4.69, 9.17) is 14.2 Å². The highest BCUT2D eigenvalue weighted by Crippen LogP contribution is 2.46. The largest absolute Gasteiger partial charge is 0.490 e. The molecule has 2 N–H and O–H groups in total. The third-order valence-corrected chi connectivity index (χ3v) is 7.96. The molecule has 10 heteroatoms. The number of hydrogen-bond acceptors (Lipinski definition) is 8. The van der Waals surface area contributed by atoms with Crippen LogP contribution in [0.4, 0.5) is 0 Å². The lowest BCUT2D eigenvalue weighted by molar-refractivity contribution is 0.241. The molecule has 35 heavy (non-hydrogen) atoms. The molecule has 0 radical (unpaired) electrons. The first kappa shape index (κ1) is 25.1. The SMILES string of the molecule is CNS(=O)(=O)CCNC1CCC2=C1C=CCC2(C)c1noc(-c2ccc(OC(C)C)c(C#N)c2)n1. The maximum atomic E-state index is 11.7. The molecule has 0 saturated heterocycles. The van der Waals surface area contributed by atoms with Crippen LogP contribution in [0.15, 0.2) is 46.0 Å². The number of nitrogens with one attached hydrogen (secondary N) is 2. The number of sulfonamides is 1. The number of nitriles is 1. The maximum absolute atomic E-state index is 11.7. The van der Waals surface area contributed by atoms with E-state index in [0.29, 0.717) is 35.1 Å². The van der Waals surface area contributed by atoms with Gasteiger partial charge in [0.15, 0.2) is 5.82 Å². The van der Waals surface area contributed by atoms with Gasteiger partial charge in [0.25, 0.3) is 5.89 Å². The molecule has 2 aliphatic rings. The average Bonchev–Trinajstić information content (AvgIpc) is 3.48. The van der Waals surface area contributed by atoms with Crippen molar-refractivity contribution in [1.29, 1.82) is 5.26 Å². The normalized spacial score (nSPS) is 21.9. The Morgan fingerprint density at radius 2 is 2.17 bits per heavy atom. The highest BCUT2D eigenvalue weighted by molar-refractivity contribution is 7.89. The van der Waals surface area contributed by atoms with Gasteiger partial charge in [-0.1, -0.05) is 22.9 Å². The van der Waals surface area contributed by atoms with Crippen LogP contribution < -0.4 is 14.8 Å². The van der Waals surface area contributed by atoms with E-state index in [1.54, 1.807) is 12.1 Å². The number of aromatic nitrogens is 2. The lowest BCUT2D eigenvalue weighted by atomic mass is 9.73. The lowest BCUT2D eigenvalue weighted by Crippen LogP contribution is -2.36. The Morgan fingerprint density at radius 1 is 1.37 bits per heavy atom. The molecule has 2 atom stereocenters. The van der Waals surface area contributed by atoms with Gasteiger partial charge in [0.1, 0.15) is 11.8 Å². The summed E-state index contributed by atoms with van der Waals surface area (Å²) in [5, 5.41) is 17.3. The fourth-order valence-corrected chi connectivity index (χ4v) is 5.33. The van der Waals surface area contributed by atoms with E-state index in [1.165, 1.54) is 18.2 Å². The molecule has 2 unspecified atom stereocenters. The van der Waals surface area contributed by atoms with Crippen molar-refractivity contribution in [2.75, 3.05) is 19.3 Å². The van der Waals surface area contributed by atoms with Crippen molar-refractivity contribution < 1.29 is 17.7 Å². The Bertz CT molecular complexity index is 1310. The lowest BCUT2D eigenvalue weighted by Gasteiger charge is -2.31. The van der Waals surface area contributed by atoms with Crippen molar-refractivity contribution in [2.24, 2.45) is 0 Å². The summed E-state index contributed by atoms with van der Waals surface area (Å²) in [6.07, 6.45) is 6.71. The predicted octanol–water partition coefficient (Wildman–Crippen LogP) is 3.21. The average molecular weight is 498 g/mol. The van der Waals surface area contributed by atoms with Crippen LogP contribution in [0.5, 0.6) is 5.75 Å². The first-order valence-electron chi connectivity index (χ1n) is 11.8. The standard InChI is InChI=1S/C25H31N5O4S/c1-16(2)33-22-10-7-17(14-18(22)15-26)23-29-24(30-34-23)25(3)11-5-6-19-20(25)8-9-21(19)28-12-13-35(31,32)27-4/h5-7,10,14,16,21,27-28H,8-9,11-13H2,1-4H3. The second-order valence-corrected chi connectivity index (χ2v) is 11.4. The summed E-state index contributed by atoms with van der Waals surface area (Å²) >= 11 is 0. The Hall–Kier alpha value is -3.00. The van der Waals surface area contributed by atoms with Gasteiger partial charge in [-0.2, -0.15) is 10.2 Å². The van der Waals surface area contributed by atoms with E-state index in [2.05, 4.69) is 40.3 Å². The van der Waals surface area contributed by atoms with Crippen molar-refractivity contribution in [3.63, 3.8) is 0 Å². The van der Waals surface area contributed by atoms with E-state index >= 15 is 0 Å².